The highest BCUT2D eigenvalue weighted by molar-refractivity contribution is 6.32. The normalized spacial score (nSPS) is 10.1. The van der Waals surface area contributed by atoms with Gasteiger partial charge in [0.05, 0.1) is 30.8 Å². The average Bonchev–Trinajstić information content (AvgIpc) is 2.49. The second-order valence-corrected chi connectivity index (χ2v) is 5.27. The van der Waals surface area contributed by atoms with Gasteiger partial charge in [0.25, 0.3) is 0 Å². The van der Waals surface area contributed by atoms with E-state index in [9.17, 15) is 4.79 Å². The third-order valence-corrected chi connectivity index (χ3v) is 3.41. The molecule has 0 unspecified atom stereocenters. The minimum absolute atomic E-state index is 0.181. The Labute approximate surface area is 138 Å². The number of amides is 1. The quantitative estimate of drug-likeness (QED) is 0.847. The highest BCUT2D eigenvalue weighted by Crippen LogP contribution is 2.28. The van der Waals surface area contributed by atoms with E-state index in [2.05, 4.69) is 5.32 Å². The predicted molar refractivity (Wildman–Crippen MR) is 88.2 cm³/mol. The number of hydrogen-bond donors (Lipinski definition) is 1. The highest BCUT2D eigenvalue weighted by Gasteiger charge is 2.09. The number of para-hydroxylation sites is 1. The molecule has 1 amide bonds. The second kappa shape index (κ2) is 7.92. The minimum Gasteiger partial charge on any atom is -0.495 e. The summed E-state index contributed by atoms with van der Waals surface area (Å²) in [6.45, 7) is 0.221. The number of methoxy groups -OCH3 is 1. The maximum atomic E-state index is 11.9. The Morgan fingerprint density at radius 3 is 2.64 bits per heavy atom. The van der Waals surface area contributed by atoms with Crippen molar-refractivity contribution in [3.63, 3.8) is 0 Å². The number of rotatable bonds is 6. The fraction of sp³-hybridized carbons (Fsp3) is 0.188. The number of halogens is 2. The summed E-state index contributed by atoms with van der Waals surface area (Å²) in [5.74, 6) is 0.898. The first-order valence-electron chi connectivity index (χ1n) is 6.61. The van der Waals surface area contributed by atoms with Gasteiger partial charge >= 0.3 is 0 Å². The molecule has 22 heavy (non-hydrogen) atoms. The lowest BCUT2D eigenvalue weighted by atomic mass is 10.2. The van der Waals surface area contributed by atoms with Crippen LogP contribution in [0.1, 0.15) is 6.42 Å². The number of benzene rings is 2. The molecule has 0 atom stereocenters. The number of carbonyl (C=O) groups excluding carboxylic acids is 1. The fourth-order valence-corrected chi connectivity index (χ4v) is 2.17. The molecule has 0 fully saturated rings. The van der Waals surface area contributed by atoms with Crippen LogP contribution in [0.15, 0.2) is 42.5 Å². The van der Waals surface area contributed by atoms with E-state index in [4.69, 9.17) is 32.7 Å². The fourth-order valence-electron chi connectivity index (χ4n) is 1.81. The van der Waals surface area contributed by atoms with Gasteiger partial charge in [0.15, 0.2) is 0 Å². The molecule has 116 valence electrons. The Hall–Kier alpha value is -1.91. The van der Waals surface area contributed by atoms with Gasteiger partial charge in [-0.15, -0.1) is 0 Å². The van der Waals surface area contributed by atoms with Gasteiger partial charge < -0.3 is 14.8 Å². The van der Waals surface area contributed by atoms with E-state index >= 15 is 0 Å². The number of carbonyl (C=O) groups is 1. The molecule has 0 saturated carbocycles. The van der Waals surface area contributed by atoms with Gasteiger partial charge in [0.1, 0.15) is 11.5 Å². The van der Waals surface area contributed by atoms with Gasteiger partial charge in [-0.25, -0.2) is 0 Å². The summed E-state index contributed by atoms with van der Waals surface area (Å²) in [6.07, 6.45) is 0.181. The van der Waals surface area contributed by atoms with Gasteiger partial charge in [-0.1, -0.05) is 35.3 Å². The Kier molecular flexibility index (Phi) is 5.92. The number of anilines is 1. The molecule has 1 N–H and O–H groups in total. The van der Waals surface area contributed by atoms with Crippen LogP contribution in [-0.4, -0.2) is 19.6 Å². The molecule has 0 aliphatic heterocycles. The van der Waals surface area contributed by atoms with Crippen molar-refractivity contribution in [1.82, 2.24) is 0 Å². The van der Waals surface area contributed by atoms with Crippen LogP contribution in [0.2, 0.25) is 10.0 Å². The first-order chi connectivity index (χ1) is 10.6. The zero-order valence-corrected chi connectivity index (χ0v) is 13.4. The molecule has 2 aromatic carbocycles. The van der Waals surface area contributed by atoms with Gasteiger partial charge in [-0.3, -0.25) is 4.79 Å². The van der Waals surface area contributed by atoms with E-state index in [1.807, 2.05) is 12.1 Å². The largest absolute Gasteiger partial charge is 0.495 e. The van der Waals surface area contributed by atoms with E-state index in [1.165, 1.54) is 7.11 Å². The lowest BCUT2D eigenvalue weighted by Crippen LogP contribution is -2.15. The molecule has 0 aromatic heterocycles. The Morgan fingerprint density at radius 2 is 1.91 bits per heavy atom. The molecule has 2 rings (SSSR count). The van der Waals surface area contributed by atoms with Crippen LogP contribution in [0.5, 0.6) is 11.5 Å². The van der Waals surface area contributed by atoms with Crippen LogP contribution >= 0.6 is 23.2 Å². The van der Waals surface area contributed by atoms with Crippen molar-refractivity contribution in [1.29, 1.82) is 0 Å². The van der Waals surface area contributed by atoms with Gasteiger partial charge in [-0.05, 0) is 30.3 Å². The van der Waals surface area contributed by atoms with Crippen molar-refractivity contribution in [2.75, 3.05) is 19.0 Å². The van der Waals surface area contributed by atoms with Crippen molar-refractivity contribution in [3.05, 3.63) is 52.5 Å². The van der Waals surface area contributed by atoms with Gasteiger partial charge in [0.2, 0.25) is 5.91 Å². The topological polar surface area (TPSA) is 47.6 Å². The van der Waals surface area contributed by atoms with E-state index in [0.717, 1.165) is 0 Å². The predicted octanol–water partition coefficient (Wildman–Crippen LogP) is 4.41. The summed E-state index contributed by atoms with van der Waals surface area (Å²) in [7, 11) is 1.53. The molecule has 0 spiro atoms. The summed E-state index contributed by atoms with van der Waals surface area (Å²) in [4.78, 5) is 11.9. The van der Waals surface area contributed by atoms with E-state index in [-0.39, 0.29) is 18.9 Å². The van der Waals surface area contributed by atoms with E-state index in [0.29, 0.717) is 27.2 Å². The molecule has 0 aliphatic rings. The van der Waals surface area contributed by atoms with Crippen LogP contribution in [0.3, 0.4) is 0 Å². The Bertz CT molecular complexity index is 662. The number of ether oxygens (including phenoxy) is 2. The summed E-state index contributed by atoms with van der Waals surface area (Å²) < 4.78 is 10.6. The van der Waals surface area contributed by atoms with Crippen LogP contribution < -0.4 is 14.8 Å². The maximum Gasteiger partial charge on any atom is 0.227 e. The van der Waals surface area contributed by atoms with Crippen molar-refractivity contribution in [2.24, 2.45) is 0 Å². The van der Waals surface area contributed by atoms with Crippen LogP contribution in [0.4, 0.5) is 5.69 Å². The van der Waals surface area contributed by atoms with Crippen molar-refractivity contribution >= 4 is 34.8 Å². The molecule has 0 radical (unpaired) electrons. The smallest absolute Gasteiger partial charge is 0.227 e. The molecule has 2 aromatic rings. The second-order valence-electron chi connectivity index (χ2n) is 4.42. The molecule has 0 aliphatic carbocycles. The lowest BCUT2D eigenvalue weighted by Gasteiger charge is -2.11. The summed E-state index contributed by atoms with van der Waals surface area (Å²) in [5, 5.41) is 3.77. The first kappa shape index (κ1) is 16.5. The molecule has 6 heteroatoms. The SMILES string of the molecule is COc1ccc(Cl)cc1NC(=O)CCOc1ccccc1Cl. The van der Waals surface area contributed by atoms with Crippen LogP contribution in [0, 0.1) is 0 Å². The monoisotopic (exact) mass is 339 g/mol. The first-order valence-corrected chi connectivity index (χ1v) is 7.36. The number of nitrogens with one attached hydrogen (secondary N) is 1. The van der Waals surface area contributed by atoms with Gasteiger partial charge in [0, 0.05) is 5.02 Å². The summed E-state index contributed by atoms with van der Waals surface area (Å²) in [5.41, 5.74) is 0.526. The number of hydrogen-bond acceptors (Lipinski definition) is 3. The molecular weight excluding hydrogens is 325 g/mol. The molecule has 4 nitrogen and oxygen atoms in total. The van der Waals surface area contributed by atoms with Crippen molar-refractivity contribution in [3.8, 4) is 11.5 Å². The van der Waals surface area contributed by atoms with Gasteiger partial charge in [-0.2, -0.15) is 0 Å². The Morgan fingerprint density at radius 1 is 1.14 bits per heavy atom. The standard InChI is InChI=1S/C16H15Cl2NO3/c1-21-15-7-6-11(17)10-13(15)19-16(20)8-9-22-14-5-3-2-4-12(14)18/h2-7,10H,8-9H2,1H3,(H,19,20). The third-order valence-electron chi connectivity index (χ3n) is 2.86. The third kappa shape index (κ3) is 4.55. The van der Waals surface area contributed by atoms with Crippen molar-refractivity contribution < 1.29 is 14.3 Å². The molecular formula is C16H15Cl2NO3. The lowest BCUT2D eigenvalue weighted by molar-refractivity contribution is -0.116. The highest BCUT2D eigenvalue weighted by atomic mass is 35.5. The minimum atomic E-state index is -0.201. The zero-order chi connectivity index (χ0) is 15.9. The zero-order valence-electron chi connectivity index (χ0n) is 11.9. The van der Waals surface area contributed by atoms with Crippen molar-refractivity contribution in [2.45, 2.75) is 6.42 Å². The molecule has 0 bridgehead atoms. The molecule has 0 heterocycles. The van der Waals surface area contributed by atoms with Crippen LogP contribution in [0.25, 0.3) is 0 Å². The summed E-state index contributed by atoms with van der Waals surface area (Å²) in [6, 6.07) is 12.1. The summed E-state index contributed by atoms with van der Waals surface area (Å²) >= 11 is 11.9. The van der Waals surface area contributed by atoms with E-state index in [1.54, 1.807) is 30.3 Å². The Balaban J connectivity index is 1.88. The van der Waals surface area contributed by atoms with Crippen LogP contribution in [-0.2, 0) is 4.79 Å². The molecule has 0 saturated heterocycles. The maximum absolute atomic E-state index is 11.9. The average molecular weight is 340 g/mol. The van der Waals surface area contributed by atoms with E-state index < -0.39 is 0 Å².